The molecule has 2 saturated carbocycles. The van der Waals surface area contributed by atoms with Gasteiger partial charge >= 0.3 is 0 Å². The number of rotatable bonds is 7. The van der Waals surface area contributed by atoms with Crippen LogP contribution in [-0.4, -0.2) is 53.8 Å². The minimum absolute atomic E-state index is 0.00938. The third-order valence-corrected chi connectivity index (χ3v) is 8.01. The van der Waals surface area contributed by atoms with E-state index in [0.29, 0.717) is 17.9 Å². The zero-order valence-corrected chi connectivity index (χ0v) is 18.8. The molecule has 29 heavy (non-hydrogen) atoms. The second-order valence-corrected chi connectivity index (χ2v) is 10.8. The van der Waals surface area contributed by atoms with Gasteiger partial charge in [0.2, 0.25) is 11.8 Å². The first-order valence-electron chi connectivity index (χ1n) is 11.2. The largest absolute Gasteiger partial charge is 0.358 e. The van der Waals surface area contributed by atoms with E-state index < -0.39 is 0 Å². The Labute approximate surface area is 178 Å². The molecular formula is C23H35N3O2S. The Hall–Kier alpha value is -1.40. The number of nitrogens with zero attached hydrogens (tertiary/aromatic N) is 2. The monoisotopic (exact) mass is 417 g/mol. The number of likely N-dealkylation sites (N-methyl/N-ethyl adjacent to an activating group) is 1. The third-order valence-electron chi connectivity index (χ3n) is 7.15. The van der Waals surface area contributed by atoms with E-state index in [9.17, 15) is 9.59 Å². The van der Waals surface area contributed by atoms with Crippen LogP contribution in [0.2, 0.25) is 0 Å². The molecule has 1 saturated heterocycles. The Kier molecular flexibility index (Phi) is 6.03. The van der Waals surface area contributed by atoms with Gasteiger partial charge in [0, 0.05) is 37.0 Å². The number of hydrogen-bond donors (Lipinski definition) is 1. The van der Waals surface area contributed by atoms with Gasteiger partial charge in [0.05, 0.1) is 12.6 Å². The fourth-order valence-corrected chi connectivity index (χ4v) is 6.35. The van der Waals surface area contributed by atoms with Crippen LogP contribution < -0.4 is 5.32 Å². The number of thiophene rings is 1. The van der Waals surface area contributed by atoms with E-state index in [4.69, 9.17) is 0 Å². The van der Waals surface area contributed by atoms with Crippen molar-refractivity contribution >= 4 is 23.2 Å². The molecule has 5 nitrogen and oxygen atoms in total. The molecule has 0 radical (unpaired) electrons. The molecule has 2 aliphatic carbocycles. The van der Waals surface area contributed by atoms with Crippen LogP contribution in [0.15, 0.2) is 17.5 Å². The highest BCUT2D eigenvalue weighted by Crippen LogP contribution is 2.61. The van der Waals surface area contributed by atoms with Gasteiger partial charge in [-0.3, -0.25) is 14.5 Å². The molecule has 1 aliphatic heterocycles. The predicted molar refractivity (Wildman–Crippen MR) is 117 cm³/mol. The average molecular weight is 418 g/mol. The van der Waals surface area contributed by atoms with Crippen molar-refractivity contribution < 1.29 is 9.59 Å². The van der Waals surface area contributed by atoms with Crippen LogP contribution in [0.5, 0.6) is 0 Å². The minimum atomic E-state index is -0.0857. The molecule has 160 valence electrons. The van der Waals surface area contributed by atoms with Gasteiger partial charge in [-0.2, -0.15) is 0 Å². The number of nitrogens with one attached hydrogen (secondary N) is 1. The molecule has 0 aromatic carbocycles. The van der Waals surface area contributed by atoms with Crippen molar-refractivity contribution in [2.45, 2.75) is 71.0 Å². The maximum absolute atomic E-state index is 13.7. The van der Waals surface area contributed by atoms with Crippen LogP contribution in [0.3, 0.4) is 0 Å². The molecule has 0 bridgehead atoms. The molecule has 3 aliphatic rings. The SMILES string of the molecule is CNC(=O)[C@@H]1C[C@@]2(C[C@@H]2C(=O)N(Cc2cccs2)C2CCCC2)CN1CC(C)C. The van der Waals surface area contributed by atoms with E-state index in [1.54, 1.807) is 18.4 Å². The van der Waals surface area contributed by atoms with Crippen LogP contribution in [0, 0.1) is 17.3 Å². The topological polar surface area (TPSA) is 52.7 Å². The predicted octanol–water partition coefficient (Wildman–Crippen LogP) is 3.50. The van der Waals surface area contributed by atoms with Crippen molar-refractivity contribution in [3.05, 3.63) is 22.4 Å². The van der Waals surface area contributed by atoms with Gasteiger partial charge in [0.1, 0.15) is 0 Å². The van der Waals surface area contributed by atoms with Crippen molar-refractivity contribution in [1.82, 2.24) is 15.1 Å². The van der Waals surface area contributed by atoms with Gasteiger partial charge in [-0.25, -0.2) is 0 Å². The Morgan fingerprint density at radius 3 is 2.69 bits per heavy atom. The van der Waals surface area contributed by atoms with Gasteiger partial charge in [0.15, 0.2) is 0 Å². The second kappa shape index (κ2) is 8.38. The lowest BCUT2D eigenvalue weighted by Crippen LogP contribution is -2.43. The molecule has 1 aromatic heterocycles. The quantitative estimate of drug-likeness (QED) is 0.739. The van der Waals surface area contributed by atoms with Crippen LogP contribution in [-0.2, 0) is 16.1 Å². The van der Waals surface area contributed by atoms with Crippen LogP contribution >= 0.6 is 11.3 Å². The van der Waals surface area contributed by atoms with E-state index in [1.807, 2.05) is 0 Å². The van der Waals surface area contributed by atoms with Gasteiger partial charge in [-0.05, 0) is 48.5 Å². The average Bonchev–Trinajstić information content (AvgIpc) is 3.17. The van der Waals surface area contributed by atoms with Gasteiger partial charge in [0.25, 0.3) is 0 Å². The lowest BCUT2D eigenvalue weighted by Gasteiger charge is -2.29. The first kappa shape index (κ1) is 20.9. The van der Waals surface area contributed by atoms with E-state index in [1.165, 1.54) is 17.7 Å². The van der Waals surface area contributed by atoms with E-state index in [0.717, 1.165) is 45.3 Å². The first-order valence-corrected chi connectivity index (χ1v) is 12.1. The standard InChI is InChI=1S/C23H35N3O2S/c1-16(2)13-25-15-23(12-20(25)21(27)24-3)11-19(23)22(28)26(17-7-4-5-8-17)14-18-9-6-10-29-18/h6,9-10,16-17,19-20H,4-5,7-8,11-15H2,1-3H3,(H,24,27)/t19-,20+,23+/m1/s1. The number of carbonyl (C=O) groups excluding carboxylic acids is 2. The highest BCUT2D eigenvalue weighted by Gasteiger charge is 2.64. The highest BCUT2D eigenvalue weighted by molar-refractivity contribution is 7.09. The molecule has 2 amide bonds. The maximum atomic E-state index is 13.7. The van der Waals surface area contributed by atoms with Gasteiger partial charge in [-0.1, -0.05) is 32.8 Å². The zero-order valence-electron chi connectivity index (χ0n) is 18.0. The van der Waals surface area contributed by atoms with Gasteiger partial charge < -0.3 is 10.2 Å². The summed E-state index contributed by atoms with van der Waals surface area (Å²) in [6.07, 6.45) is 6.51. The normalized spacial score (nSPS) is 29.7. The summed E-state index contributed by atoms with van der Waals surface area (Å²) in [6, 6.07) is 4.52. The summed E-state index contributed by atoms with van der Waals surface area (Å²) in [5.74, 6) is 1.05. The first-order chi connectivity index (χ1) is 13.9. The summed E-state index contributed by atoms with van der Waals surface area (Å²) in [4.78, 5) is 32.0. The van der Waals surface area contributed by atoms with Gasteiger partial charge in [-0.15, -0.1) is 11.3 Å². The van der Waals surface area contributed by atoms with Crippen molar-refractivity contribution in [2.24, 2.45) is 17.3 Å². The molecular weight excluding hydrogens is 382 g/mol. The maximum Gasteiger partial charge on any atom is 0.237 e. The summed E-state index contributed by atoms with van der Waals surface area (Å²) in [6.45, 7) is 6.95. The summed E-state index contributed by atoms with van der Waals surface area (Å²) >= 11 is 1.74. The molecule has 1 aromatic rings. The van der Waals surface area contributed by atoms with Crippen molar-refractivity contribution in [1.29, 1.82) is 0 Å². The number of hydrogen-bond acceptors (Lipinski definition) is 4. The molecule has 2 heterocycles. The fraction of sp³-hybridized carbons (Fsp3) is 0.739. The van der Waals surface area contributed by atoms with Crippen molar-refractivity contribution in [2.75, 3.05) is 20.1 Å². The lowest BCUT2D eigenvalue weighted by atomic mass is 9.98. The second-order valence-electron chi connectivity index (χ2n) is 9.76. The molecule has 1 N–H and O–H groups in total. The Morgan fingerprint density at radius 1 is 1.31 bits per heavy atom. The minimum Gasteiger partial charge on any atom is -0.358 e. The summed E-state index contributed by atoms with van der Waals surface area (Å²) < 4.78 is 0. The van der Waals surface area contributed by atoms with Crippen LogP contribution in [0.4, 0.5) is 0 Å². The number of carbonyl (C=O) groups is 2. The lowest BCUT2D eigenvalue weighted by molar-refractivity contribution is -0.136. The molecule has 4 rings (SSSR count). The van der Waals surface area contributed by atoms with Crippen LogP contribution in [0.25, 0.3) is 0 Å². The summed E-state index contributed by atoms with van der Waals surface area (Å²) in [5, 5.41) is 4.94. The van der Waals surface area contributed by atoms with E-state index in [-0.39, 0.29) is 23.3 Å². The fourth-order valence-electron chi connectivity index (χ4n) is 5.65. The van der Waals surface area contributed by atoms with Crippen molar-refractivity contribution in [3.8, 4) is 0 Å². The summed E-state index contributed by atoms with van der Waals surface area (Å²) in [5.41, 5.74) is 0.00938. The Balaban J connectivity index is 1.49. The number of amides is 2. The van der Waals surface area contributed by atoms with Crippen molar-refractivity contribution in [3.63, 3.8) is 0 Å². The molecule has 3 atom stereocenters. The highest BCUT2D eigenvalue weighted by atomic mass is 32.1. The van der Waals surface area contributed by atoms with E-state index >= 15 is 0 Å². The van der Waals surface area contributed by atoms with Crippen LogP contribution in [0.1, 0.15) is 57.2 Å². The summed E-state index contributed by atoms with van der Waals surface area (Å²) in [7, 11) is 1.72. The molecule has 0 unspecified atom stereocenters. The Morgan fingerprint density at radius 2 is 2.07 bits per heavy atom. The molecule has 1 spiro atoms. The molecule has 3 fully saturated rings. The number of likely N-dealkylation sites (tertiary alicyclic amines) is 1. The molecule has 6 heteroatoms. The van der Waals surface area contributed by atoms with E-state index in [2.05, 4.69) is 46.5 Å². The Bertz CT molecular complexity index is 728. The smallest absolute Gasteiger partial charge is 0.237 e. The zero-order chi connectivity index (χ0) is 20.6. The third kappa shape index (κ3) is 4.24.